The molecule has 0 aromatic heterocycles. The molecule has 25 heavy (non-hydrogen) atoms. The van der Waals surface area contributed by atoms with Crippen LogP contribution >= 0.6 is 0 Å². The van der Waals surface area contributed by atoms with Gasteiger partial charge >= 0.3 is 0 Å². The summed E-state index contributed by atoms with van der Waals surface area (Å²) in [5, 5.41) is 2.75. The highest BCUT2D eigenvalue weighted by Crippen LogP contribution is 2.18. The molecule has 0 aliphatic rings. The van der Waals surface area contributed by atoms with Crippen molar-refractivity contribution in [3.05, 3.63) is 66.0 Å². The predicted octanol–water partition coefficient (Wildman–Crippen LogP) is 2.51. The Hall–Kier alpha value is -2.41. The summed E-state index contributed by atoms with van der Waals surface area (Å²) in [4.78, 5) is 12.2. The van der Waals surface area contributed by atoms with Crippen molar-refractivity contribution in [2.75, 3.05) is 23.7 Å². The number of halogens is 1. The molecule has 5 nitrogen and oxygen atoms in total. The van der Waals surface area contributed by atoms with E-state index in [1.165, 1.54) is 12.1 Å². The van der Waals surface area contributed by atoms with Gasteiger partial charge in [-0.3, -0.25) is 9.10 Å². The van der Waals surface area contributed by atoms with Crippen molar-refractivity contribution in [3.8, 4) is 0 Å². The Bertz CT molecular complexity index is 808. The molecule has 0 unspecified atom stereocenters. The standard InChI is InChI=1S/C18H21FN2O3S/c1-14(15-6-4-3-5-7-15)12-20-18(22)13-21(25(2,23)24)17-10-8-16(19)9-11-17/h3-11,14H,12-13H2,1-2H3,(H,20,22)/t14-/m0/s1. The van der Waals surface area contributed by atoms with E-state index in [-0.39, 0.29) is 18.2 Å². The van der Waals surface area contributed by atoms with E-state index in [1.807, 2.05) is 37.3 Å². The minimum absolute atomic E-state index is 0.0997. The van der Waals surface area contributed by atoms with E-state index in [4.69, 9.17) is 0 Å². The molecule has 2 rings (SSSR count). The maximum atomic E-state index is 13.0. The molecular formula is C18H21FN2O3S. The first-order chi connectivity index (χ1) is 11.8. The van der Waals surface area contributed by atoms with Crippen molar-refractivity contribution in [1.82, 2.24) is 5.32 Å². The van der Waals surface area contributed by atoms with Crippen molar-refractivity contribution in [2.24, 2.45) is 0 Å². The van der Waals surface area contributed by atoms with Gasteiger partial charge in [0.15, 0.2) is 0 Å². The maximum Gasteiger partial charge on any atom is 0.240 e. The number of hydrogen-bond acceptors (Lipinski definition) is 3. The molecule has 7 heteroatoms. The molecule has 0 spiro atoms. The molecule has 1 atom stereocenters. The fraction of sp³-hybridized carbons (Fsp3) is 0.278. The third-order valence-electron chi connectivity index (χ3n) is 3.78. The Morgan fingerprint density at radius 2 is 1.72 bits per heavy atom. The fourth-order valence-electron chi connectivity index (χ4n) is 2.36. The zero-order valence-corrected chi connectivity index (χ0v) is 15.0. The van der Waals surface area contributed by atoms with Gasteiger partial charge in [0.2, 0.25) is 15.9 Å². The third kappa shape index (κ3) is 5.56. The summed E-state index contributed by atoms with van der Waals surface area (Å²) < 4.78 is 37.9. The Morgan fingerprint density at radius 1 is 1.12 bits per heavy atom. The minimum Gasteiger partial charge on any atom is -0.354 e. The molecule has 0 saturated heterocycles. The number of amides is 1. The van der Waals surface area contributed by atoms with Crippen molar-refractivity contribution in [3.63, 3.8) is 0 Å². The highest BCUT2D eigenvalue weighted by molar-refractivity contribution is 7.92. The van der Waals surface area contributed by atoms with Crippen LogP contribution < -0.4 is 9.62 Å². The summed E-state index contributed by atoms with van der Waals surface area (Å²) in [5.74, 6) is -0.793. The van der Waals surface area contributed by atoms with Crippen molar-refractivity contribution in [2.45, 2.75) is 12.8 Å². The average molecular weight is 364 g/mol. The van der Waals surface area contributed by atoms with Gasteiger partial charge in [-0.25, -0.2) is 12.8 Å². The summed E-state index contributed by atoms with van der Waals surface area (Å²) in [6.07, 6.45) is 1.01. The van der Waals surface area contributed by atoms with E-state index in [9.17, 15) is 17.6 Å². The molecule has 1 N–H and O–H groups in total. The molecule has 1 amide bonds. The van der Waals surface area contributed by atoms with Crippen LogP contribution in [0.1, 0.15) is 18.4 Å². The number of benzene rings is 2. The van der Waals surface area contributed by atoms with Gasteiger partial charge < -0.3 is 5.32 Å². The van der Waals surface area contributed by atoms with Crippen LogP contribution in [-0.4, -0.2) is 33.7 Å². The Labute approximate surface area is 147 Å². The van der Waals surface area contributed by atoms with Crippen LogP contribution in [0.2, 0.25) is 0 Å². The third-order valence-corrected chi connectivity index (χ3v) is 4.92. The monoisotopic (exact) mass is 364 g/mol. The summed E-state index contributed by atoms with van der Waals surface area (Å²) >= 11 is 0. The van der Waals surface area contributed by atoms with Crippen LogP contribution in [0.5, 0.6) is 0 Å². The Morgan fingerprint density at radius 3 is 2.28 bits per heavy atom. The fourth-order valence-corrected chi connectivity index (χ4v) is 3.22. The van der Waals surface area contributed by atoms with Crippen LogP contribution in [0.25, 0.3) is 0 Å². The van der Waals surface area contributed by atoms with Crippen LogP contribution in [0.4, 0.5) is 10.1 Å². The number of nitrogens with zero attached hydrogens (tertiary/aromatic N) is 1. The first-order valence-electron chi connectivity index (χ1n) is 7.82. The van der Waals surface area contributed by atoms with Gasteiger partial charge in [0.25, 0.3) is 0 Å². The van der Waals surface area contributed by atoms with E-state index < -0.39 is 21.7 Å². The van der Waals surface area contributed by atoms with Crippen LogP contribution in [0.3, 0.4) is 0 Å². The summed E-state index contributed by atoms with van der Waals surface area (Å²) in [6.45, 7) is 2.01. The molecule has 2 aromatic rings. The Kier molecular flexibility index (Phi) is 6.14. The quantitative estimate of drug-likeness (QED) is 0.821. The van der Waals surface area contributed by atoms with Crippen LogP contribution in [0.15, 0.2) is 54.6 Å². The van der Waals surface area contributed by atoms with Crippen molar-refractivity contribution >= 4 is 21.6 Å². The molecule has 0 heterocycles. The lowest BCUT2D eigenvalue weighted by Crippen LogP contribution is -2.41. The maximum absolute atomic E-state index is 13.0. The number of carbonyl (C=O) groups is 1. The normalized spacial score (nSPS) is 12.4. The van der Waals surface area contributed by atoms with Gasteiger partial charge in [-0.05, 0) is 35.7 Å². The van der Waals surface area contributed by atoms with Gasteiger partial charge in [-0.1, -0.05) is 37.3 Å². The highest BCUT2D eigenvalue weighted by Gasteiger charge is 2.21. The van der Waals surface area contributed by atoms with E-state index in [1.54, 1.807) is 0 Å². The second-order valence-corrected chi connectivity index (χ2v) is 7.77. The zero-order chi connectivity index (χ0) is 18.4. The lowest BCUT2D eigenvalue weighted by atomic mass is 10.0. The number of sulfonamides is 1. The predicted molar refractivity (Wildman–Crippen MR) is 96.5 cm³/mol. The molecule has 134 valence electrons. The highest BCUT2D eigenvalue weighted by atomic mass is 32.2. The molecule has 2 aromatic carbocycles. The van der Waals surface area contributed by atoms with E-state index >= 15 is 0 Å². The van der Waals surface area contributed by atoms with Crippen molar-refractivity contribution < 1.29 is 17.6 Å². The first-order valence-corrected chi connectivity index (χ1v) is 9.67. The largest absolute Gasteiger partial charge is 0.354 e. The molecule has 0 fully saturated rings. The summed E-state index contributed by atoms with van der Waals surface area (Å²) in [5.41, 5.74) is 1.33. The number of anilines is 1. The minimum atomic E-state index is -3.67. The molecule has 0 aliphatic heterocycles. The van der Waals surface area contributed by atoms with E-state index in [0.29, 0.717) is 6.54 Å². The SMILES string of the molecule is C[C@@H](CNC(=O)CN(c1ccc(F)cc1)S(C)(=O)=O)c1ccccc1. The average Bonchev–Trinajstić information content (AvgIpc) is 2.58. The molecule has 0 saturated carbocycles. The number of carbonyl (C=O) groups excluding carboxylic acids is 1. The van der Waals surface area contributed by atoms with Gasteiger partial charge in [-0.2, -0.15) is 0 Å². The van der Waals surface area contributed by atoms with Gasteiger partial charge in [0.05, 0.1) is 11.9 Å². The number of rotatable bonds is 7. The van der Waals surface area contributed by atoms with E-state index in [0.717, 1.165) is 28.3 Å². The lowest BCUT2D eigenvalue weighted by molar-refractivity contribution is -0.119. The second kappa shape index (κ2) is 8.11. The van der Waals surface area contributed by atoms with Gasteiger partial charge in [0, 0.05) is 6.54 Å². The number of hydrogen-bond donors (Lipinski definition) is 1. The molecule has 0 bridgehead atoms. The van der Waals surface area contributed by atoms with Crippen molar-refractivity contribution in [1.29, 1.82) is 0 Å². The smallest absolute Gasteiger partial charge is 0.240 e. The zero-order valence-electron chi connectivity index (χ0n) is 14.1. The summed E-state index contributed by atoms with van der Waals surface area (Å²) in [7, 11) is -3.67. The summed E-state index contributed by atoms with van der Waals surface area (Å²) in [6, 6.07) is 14.7. The van der Waals surface area contributed by atoms with Gasteiger partial charge in [0.1, 0.15) is 12.4 Å². The molecule has 0 aliphatic carbocycles. The van der Waals surface area contributed by atoms with Gasteiger partial charge in [-0.15, -0.1) is 0 Å². The topological polar surface area (TPSA) is 66.5 Å². The Balaban J connectivity index is 2.01. The number of nitrogens with one attached hydrogen (secondary N) is 1. The van der Waals surface area contributed by atoms with Crippen LogP contribution in [-0.2, 0) is 14.8 Å². The first kappa shape index (κ1) is 18.9. The molecule has 0 radical (unpaired) electrons. The lowest BCUT2D eigenvalue weighted by Gasteiger charge is -2.22. The molecular weight excluding hydrogens is 343 g/mol. The van der Waals surface area contributed by atoms with Crippen LogP contribution in [0, 0.1) is 5.82 Å². The van der Waals surface area contributed by atoms with E-state index in [2.05, 4.69) is 5.32 Å². The second-order valence-electron chi connectivity index (χ2n) is 5.86.